The molecule has 4 fully saturated rings. The number of nitrogens with zero attached hydrogens (tertiary/aromatic N) is 1. The SMILES string of the molecule is Cc1ccc(NC(=O)[C@@H]2[C@@H]3C=C[C@]4(O3)[C@@H]2C(=O)N(C2CCC(C)CC2)[C@H]4C(=O)N[C@@H]2CCC[C@H](C)[C@H]2C)cc1C. The van der Waals surface area contributed by atoms with Crippen molar-refractivity contribution in [3.05, 3.63) is 41.5 Å². The second kappa shape index (κ2) is 10.3. The summed E-state index contributed by atoms with van der Waals surface area (Å²) in [5.41, 5.74) is 1.86. The zero-order valence-corrected chi connectivity index (χ0v) is 24.6. The molecule has 0 aromatic heterocycles. The van der Waals surface area contributed by atoms with E-state index in [1.54, 1.807) is 0 Å². The summed E-state index contributed by atoms with van der Waals surface area (Å²) in [5, 5.41) is 6.44. The molecule has 1 aromatic carbocycles. The molecule has 3 heterocycles. The van der Waals surface area contributed by atoms with Crippen LogP contribution < -0.4 is 10.6 Å². The van der Waals surface area contributed by atoms with Crippen LogP contribution in [-0.4, -0.2) is 52.5 Å². The summed E-state index contributed by atoms with van der Waals surface area (Å²) in [6.45, 7) is 10.8. The molecular formula is C33H45N3O4. The average Bonchev–Trinajstić information content (AvgIpc) is 3.57. The van der Waals surface area contributed by atoms with Crippen LogP contribution in [0.5, 0.6) is 0 Å². The van der Waals surface area contributed by atoms with Crippen molar-refractivity contribution in [3.63, 3.8) is 0 Å². The van der Waals surface area contributed by atoms with Crippen molar-refractivity contribution in [1.29, 1.82) is 0 Å². The zero-order valence-electron chi connectivity index (χ0n) is 24.6. The number of fused-ring (bicyclic) bond motifs is 1. The third-order valence-electron chi connectivity index (χ3n) is 11.1. The molecule has 7 nitrogen and oxygen atoms in total. The third-order valence-corrected chi connectivity index (χ3v) is 11.1. The Kier molecular flexibility index (Phi) is 7.09. The summed E-state index contributed by atoms with van der Waals surface area (Å²) in [6, 6.07) is 5.16. The van der Waals surface area contributed by atoms with Crippen LogP contribution in [0.15, 0.2) is 30.4 Å². The first-order chi connectivity index (χ1) is 19.1. The van der Waals surface area contributed by atoms with E-state index in [2.05, 4.69) is 31.4 Å². The molecule has 7 heteroatoms. The van der Waals surface area contributed by atoms with Crippen LogP contribution in [0, 0.1) is 43.4 Å². The fraction of sp³-hybridized carbons (Fsp3) is 0.667. The van der Waals surface area contributed by atoms with Gasteiger partial charge in [-0.05, 0) is 87.0 Å². The minimum absolute atomic E-state index is 0.0124. The highest BCUT2D eigenvalue weighted by atomic mass is 16.5. The number of amides is 3. The van der Waals surface area contributed by atoms with Crippen molar-refractivity contribution >= 4 is 23.4 Å². The van der Waals surface area contributed by atoms with Gasteiger partial charge >= 0.3 is 0 Å². The number of ether oxygens (including phenoxy) is 1. The van der Waals surface area contributed by atoms with Gasteiger partial charge in [0, 0.05) is 17.8 Å². The number of anilines is 1. The van der Waals surface area contributed by atoms with Gasteiger partial charge in [-0.1, -0.05) is 51.8 Å². The summed E-state index contributed by atoms with van der Waals surface area (Å²) in [5.74, 6) is -0.277. The zero-order chi connectivity index (χ0) is 28.3. The van der Waals surface area contributed by atoms with E-state index >= 15 is 0 Å². The normalized spacial score (nSPS) is 40.3. The topological polar surface area (TPSA) is 87.7 Å². The van der Waals surface area contributed by atoms with E-state index in [9.17, 15) is 14.4 Å². The lowest BCUT2D eigenvalue weighted by Gasteiger charge is -2.41. The van der Waals surface area contributed by atoms with Crippen LogP contribution in [0.3, 0.4) is 0 Å². The molecule has 3 amide bonds. The molecular weight excluding hydrogens is 502 g/mol. The Morgan fingerprint density at radius 3 is 2.45 bits per heavy atom. The predicted molar refractivity (Wildman–Crippen MR) is 154 cm³/mol. The molecule has 2 saturated heterocycles. The monoisotopic (exact) mass is 547 g/mol. The maximum absolute atomic E-state index is 14.4. The average molecular weight is 548 g/mol. The van der Waals surface area contributed by atoms with E-state index in [-0.39, 0.29) is 29.8 Å². The number of rotatable bonds is 5. The number of aryl methyl sites for hydroxylation is 2. The number of hydrogen-bond donors (Lipinski definition) is 2. The van der Waals surface area contributed by atoms with Crippen LogP contribution in [0.1, 0.15) is 76.8 Å². The van der Waals surface area contributed by atoms with Crippen LogP contribution in [0.25, 0.3) is 0 Å². The smallest absolute Gasteiger partial charge is 0.246 e. The largest absolute Gasteiger partial charge is 0.359 e. The number of carbonyl (C=O) groups is 3. The highest BCUT2D eigenvalue weighted by Gasteiger charge is 2.73. The minimum Gasteiger partial charge on any atom is -0.359 e. The van der Waals surface area contributed by atoms with Gasteiger partial charge in [0.15, 0.2) is 0 Å². The molecule has 2 bridgehead atoms. The van der Waals surface area contributed by atoms with Crippen molar-refractivity contribution in [2.24, 2.45) is 29.6 Å². The number of benzene rings is 1. The molecule has 2 saturated carbocycles. The Bertz CT molecular complexity index is 1220. The lowest BCUT2D eigenvalue weighted by atomic mass is 9.73. The van der Waals surface area contributed by atoms with Crippen molar-refractivity contribution < 1.29 is 19.1 Å². The van der Waals surface area contributed by atoms with Crippen molar-refractivity contribution in [2.45, 2.75) is 109 Å². The standard InChI is InChI=1S/C33H45N3O4/c1-18-9-13-24(14-10-18)36-29(31(38)35-25-8-6-7-20(3)22(25)5)33-16-15-26(40-33)27(28(33)32(36)39)30(37)34-23-12-11-19(2)21(4)17-23/h11-12,15-18,20,22,24-29H,6-10,13-14H2,1-5H3,(H,34,37)(H,35,38)/t18?,20-,22+,24?,25+,26-,27+,28-,29-,33-/m0/s1. The second-order valence-corrected chi connectivity index (χ2v) is 13.5. The Morgan fingerprint density at radius 1 is 0.975 bits per heavy atom. The summed E-state index contributed by atoms with van der Waals surface area (Å²) in [6.07, 6.45) is 10.4. The Hall–Kier alpha value is -2.67. The number of nitrogens with one attached hydrogen (secondary N) is 2. The maximum atomic E-state index is 14.4. The molecule has 0 unspecified atom stereocenters. The van der Waals surface area contributed by atoms with Gasteiger partial charge in [0.25, 0.3) is 0 Å². The second-order valence-electron chi connectivity index (χ2n) is 13.5. The first kappa shape index (κ1) is 27.5. The molecule has 5 aliphatic rings. The molecule has 0 radical (unpaired) electrons. The van der Waals surface area contributed by atoms with Crippen LogP contribution >= 0.6 is 0 Å². The third kappa shape index (κ3) is 4.40. The van der Waals surface area contributed by atoms with Gasteiger partial charge in [-0.2, -0.15) is 0 Å². The van der Waals surface area contributed by atoms with E-state index in [1.165, 1.54) is 6.42 Å². The lowest BCUT2D eigenvalue weighted by molar-refractivity contribution is -0.145. The molecule has 1 aromatic rings. The first-order valence-corrected chi connectivity index (χ1v) is 15.5. The number of likely N-dealkylation sites (tertiary alicyclic amines) is 1. The van der Waals surface area contributed by atoms with Crippen molar-refractivity contribution in [3.8, 4) is 0 Å². The summed E-state index contributed by atoms with van der Waals surface area (Å²) >= 11 is 0. The summed E-state index contributed by atoms with van der Waals surface area (Å²) in [7, 11) is 0. The molecule has 6 rings (SSSR count). The highest BCUT2D eigenvalue weighted by Crippen LogP contribution is 2.56. The molecule has 2 aliphatic carbocycles. The van der Waals surface area contributed by atoms with Crippen LogP contribution in [-0.2, 0) is 19.1 Å². The molecule has 8 atom stereocenters. The summed E-state index contributed by atoms with van der Waals surface area (Å²) in [4.78, 5) is 44.3. The Balaban J connectivity index is 1.31. The van der Waals surface area contributed by atoms with Gasteiger partial charge in [0.2, 0.25) is 17.7 Å². The van der Waals surface area contributed by atoms with E-state index in [0.717, 1.165) is 49.7 Å². The molecule has 1 spiro atoms. The number of hydrogen-bond acceptors (Lipinski definition) is 4. The van der Waals surface area contributed by atoms with Crippen molar-refractivity contribution in [2.75, 3.05) is 5.32 Å². The Labute approximate surface area is 238 Å². The fourth-order valence-electron chi connectivity index (χ4n) is 8.21. The first-order valence-electron chi connectivity index (χ1n) is 15.5. The van der Waals surface area contributed by atoms with E-state index in [0.29, 0.717) is 23.4 Å². The predicted octanol–water partition coefficient (Wildman–Crippen LogP) is 4.91. The van der Waals surface area contributed by atoms with E-state index in [4.69, 9.17) is 4.74 Å². The fourth-order valence-corrected chi connectivity index (χ4v) is 8.21. The lowest BCUT2D eigenvalue weighted by Crippen LogP contribution is -2.59. The molecule has 40 heavy (non-hydrogen) atoms. The molecule has 216 valence electrons. The van der Waals surface area contributed by atoms with Gasteiger partial charge in [0.1, 0.15) is 11.6 Å². The van der Waals surface area contributed by atoms with Crippen LogP contribution in [0.2, 0.25) is 0 Å². The quantitative estimate of drug-likeness (QED) is 0.513. The van der Waals surface area contributed by atoms with Gasteiger partial charge < -0.3 is 20.3 Å². The summed E-state index contributed by atoms with van der Waals surface area (Å²) < 4.78 is 6.59. The van der Waals surface area contributed by atoms with Gasteiger partial charge in [-0.25, -0.2) is 0 Å². The maximum Gasteiger partial charge on any atom is 0.246 e. The van der Waals surface area contributed by atoms with Crippen molar-refractivity contribution in [1.82, 2.24) is 10.2 Å². The van der Waals surface area contributed by atoms with Crippen LogP contribution in [0.4, 0.5) is 5.69 Å². The minimum atomic E-state index is -1.11. The highest BCUT2D eigenvalue weighted by molar-refractivity contribution is 6.03. The molecule has 2 N–H and O–H groups in total. The number of carbonyl (C=O) groups excluding carboxylic acids is 3. The Morgan fingerprint density at radius 2 is 1.73 bits per heavy atom. The van der Waals surface area contributed by atoms with Gasteiger partial charge in [-0.3, -0.25) is 14.4 Å². The van der Waals surface area contributed by atoms with E-state index in [1.807, 2.05) is 49.1 Å². The van der Waals surface area contributed by atoms with Gasteiger partial charge in [-0.15, -0.1) is 0 Å². The van der Waals surface area contributed by atoms with E-state index < -0.39 is 29.6 Å². The molecule has 3 aliphatic heterocycles. The van der Waals surface area contributed by atoms with Gasteiger partial charge in [0.05, 0.1) is 17.9 Å².